The van der Waals surface area contributed by atoms with Crippen molar-refractivity contribution >= 4 is 11.9 Å². The van der Waals surface area contributed by atoms with Gasteiger partial charge in [0, 0.05) is 18.7 Å². The van der Waals surface area contributed by atoms with E-state index in [2.05, 4.69) is 5.32 Å². The van der Waals surface area contributed by atoms with E-state index < -0.39 is 0 Å². The van der Waals surface area contributed by atoms with Gasteiger partial charge in [-0.3, -0.25) is 15.0 Å². The molecule has 1 aliphatic rings. The molecule has 88 valence electrons. The van der Waals surface area contributed by atoms with Crippen LogP contribution in [0, 0.1) is 0 Å². The molecule has 0 aliphatic carbocycles. The highest BCUT2D eigenvalue weighted by molar-refractivity contribution is 5.97. The fourth-order valence-electron chi connectivity index (χ4n) is 1.56. The molecule has 1 rings (SSSR count). The average molecular weight is 222 g/mol. The van der Waals surface area contributed by atoms with E-state index in [0.717, 1.165) is 17.7 Å². The SMILES string of the molecule is CC/C=C(\C=C(C)C)N1CCC(=O)NC1=O. The molecule has 0 aromatic carbocycles. The molecule has 0 aromatic heterocycles. The number of carbonyl (C=O) groups is 2. The van der Waals surface area contributed by atoms with Crippen LogP contribution in [0.5, 0.6) is 0 Å². The van der Waals surface area contributed by atoms with Crippen LogP contribution in [-0.4, -0.2) is 23.4 Å². The van der Waals surface area contributed by atoms with E-state index in [-0.39, 0.29) is 11.9 Å². The number of amides is 3. The summed E-state index contributed by atoms with van der Waals surface area (Å²) in [6.45, 7) is 6.44. The molecule has 1 heterocycles. The first-order valence-electron chi connectivity index (χ1n) is 5.51. The van der Waals surface area contributed by atoms with Crippen molar-refractivity contribution in [2.45, 2.75) is 33.6 Å². The van der Waals surface area contributed by atoms with Gasteiger partial charge in [-0.15, -0.1) is 0 Å². The minimum atomic E-state index is -0.326. The molecule has 0 unspecified atom stereocenters. The summed E-state index contributed by atoms with van der Waals surface area (Å²) in [6, 6.07) is -0.326. The Morgan fingerprint density at radius 3 is 2.62 bits per heavy atom. The van der Waals surface area contributed by atoms with Crippen molar-refractivity contribution in [2.75, 3.05) is 6.54 Å². The molecule has 0 bridgehead atoms. The first kappa shape index (κ1) is 12.5. The van der Waals surface area contributed by atoms with Crippen molar-refractivity contribution in [3.8, 4) is 0 Å². The van der Waals surface area contributed by atoms with Crippen molar-refractivity contribution in [3.05, 3.63) is 23.4 Å². The summed E-state index contributed by atoms with van der Waals surface area (Å²) in [7, 11) is 0. The number of nitrogens with zero attached hydrogens (tertiary/aromatic N) is 1. The largest absolute Gasteiger partial charge is 0.328 e. The van der Waals surface area contributed by atoms with Crippen LogP contribution in [0.4, 0.5) is 4.79 Å². The Kier molecular flexibility index (Phi) is 4.28. The Labute approximate surface area is 96.0 Å². The van der Waals surface area contributed by atoms with Crippen molar-refractivity contribution in [2.24, 2.45) is 0 Å². The van der Waals surface area contributed by atoms with Crippen LogP contribution < -0.4 is 5.32 Å². The van der Waals surface area contributed by atoms with E-state index in [4.69, 9.17) is 0 Å². The molecule has 1 fully saturated rings. The fourth-order valence-corrected chi connectivity index (χ4v) is 1.56. The number of rotatable bonds is 3. The summed E-state index contributed by atoms with van der Waals surface area (Å²) < 4.78 is 0. The molecule has 0 atom stereocenters. The third-order valence-corrected chi connectivity index (χ3v) is 2.22. The second kappa shape index (κ2) is 5.49. The van der Waals surface area contributed by atoms with Gasteiger partial charge in [-0.05, 0) is 26.3 Å². The maximum atomic E-state index is 11.6. The van der Waals surface area contributed by atoms with E-state index in [9.17, 15) is 9.59 Å². The fraction of sp³-hybridized carbons (Fsp3) is 0.500. The van der Waals surface area contributed by atoms with Gasteiger partial charge in [-0.1, -0.05) is 18.6 Å². The molecule has 0 radical (unpaired) electrons. The average Bonchev–Trinajstić information content (AvgIpc) is 2.16. The van der Waals surface area contributed by atoms with Crippen LogP contribution >= 0.6 is 0 Å². The van der Waals surface area contributed by atoms with Crippen LogP contribution in [0.15, 0.2) is 23.4 Å². The number of urea groups is 1. The van der Waals surface area contributed by atoms with Crippen LogP contribution in [0.2, 0.25) is 0 Å². The van der Waals surface area contributed by atoms with E-state index in [0.29, 0.717) is 13.0 Å². The maximum absolute atomic E-state index is 11.6. The minimum absolute atomic E-state index is 0.200. The quantitative estimate of drug-likeness (QED) is 0.744. The lowest BCUT2D eigenvalue weighted by atomic mass is 10.2. The van der Waals surface area contributed by atoms with Crippen molar-refractivity contribution in [3.63, 3.8) is 0 Å². The zero-order chi connectivity index (χ0) is 12.1. The van der Waals surface area contributed by atoms with Crippen molar-refractivity contribution in [1.82, 2.24) is 10.2 Å². The van der Waals surface area contributed by atoms with Gasteiger partial charge < -0.3 is 0 Å². The molecule has 4 heteroatoms. The molecule has 4 nitrogen and oxygen atoms in total. The summed E-state index contributed by atoms with van der Waals surface area (Å²) in [4.78, 5) is 24.3. The Morgan fingerprint density at radius 1 is 1.44 bits per heavy atom. The molecular weight excluding hydrogens is 204 g/mol. The minimum Gasteiger partial charge on any atom is -0.294 e. The zero-order valence-corrected chi connectivity index (χ0v) is 10.0. The summed E-state index contributed by atoms with van der Waals surface area (Å²) in [6.07, 6.45) is 5.17. The number of hydrogen-bond acceptors (Lipinski definition) is 2. The summed E-state index contributed by atoms with van der Waals surface area (Å²) in [5.74, 6) is -0.200. The van der Waals surface area contributed by atoms with Crippen LogP contribution in [0.1, 0.15) is 33.6 Å². The number of imide groups is 1. The zero-order valence-electron chi connectivity index (χ0n) is 10.0. The first-order valence-corrected chi connectivity index (χ1v) is 5.51. The van der Waals surface area contributed by atoms with Crippen molar-refractivity contribution < 1.29 is 9.59 Å². The third-order valence-electron chi connectivity index (χ3n) is 2.22. The van der Waals surface area contributed by atoms with E-state index in [1.165, 1.54) is 0 Å². The molecule has 1 N–H and O–H groups in total. The Morgan fingerprint density at radius 2 is 2.12 bits per heavy atom. The molecule has 16 heavy (non-hydrogen) atoms. The summed E-state index contributed by atoms with van der Waals surface area (Å²) in [5, 5.41) is 2.32. The molecule has 0 spiro atoms. The topological polar surface area (TPSA) is 49.4 Å². The van der Waals surface area contributed by atoms with Gasteiger partial charge >= 0.3 is 6.03 Å². The van der Waals surface area contributed by atoms with Crippen LogP contribution in [-0.2, 0) is 4.79 Å². The van der Waals surface area contributed by atoms with Crippen LogP contribution in [0.3, 0.4) is 0 Å². The van der Waals surface area contributed by atoms with Crippen molar-refractivity contribution in [1.29, 1.82) is 0 Å². The summed E-state index contributed by atoms with van der Waals surface area (Å²) >= 11 is 0. The molecular formula is C12H18N2O2. The van der Waals surface area contributed by atoms with Gasteiger partial charge in [0.2, 0.25) is 5.91 Å². The molecule has 0 saturated carbocycles. The van der Waals surface area contributed by atoms with E-state index in [1.807, 2.05) is 32.9 Å². The number of hydrogen-bond donors (Lipinski definition) is 1. The van der Waals surface area contributed by atoms with Gasteiger partial charge in [0.05, 0.1) is 0 Å². The smallest absolute Gasteiger partial charge is 0.294 e. The predicted molar refractivity (Wildman–Crippen MR) is 62.7 cm³/mol. The van der Waals surface area contributed by atoms with Crippen LogP contribution in [0.25, 0.3) is 0 Å². The second-order valence-electron chi connectivity index (χ2n) is 4.01. The predicted octanol–water partition coefficient (Wildman–Crippen LogP) is 2.19. The van der Waals surface area contributed by atoms with Gasteiger partial charge in [0.15, 0.2) is 0 Å². The Hall–Kier alpha value is -1.58. The van der Waals surface area contributed by atoms with Gasteiger partial charge in [0.25, 0.3) is 0 Å². The number of allylic oxidation sites excluding steroid dienone is 3. The Bertz CT molecular complexity index is 352. The first-order chi connectivity index (χ1) is 7.54. The van der Waals surface area contributed by atoms with E-state index >= 15 is 0 Å². The lowest BCUT2D eigenvalue weighted by Gasteiger charge is -2.27. The summed E-state index contributed by atoms with van der Waals surface area (Å²) in [5.41, 5.74) is 2.00. The highest BCUT2D eigenvalue weighted by Crippen LogP contribution is 2.13. The monoisotopic (exact) mass is 222 g/mol. The number of nitrogens with one attached hydrogen (secondary N) is 1. The van der Waals surface area contributed by atoms with Gasteiger partial charge in [-0.25, -0.2) is 4.79 Å². The standard InChI is InChI=1S/C12H18N2O2/c1-4-5-10(8-9(2)3)14-7-6-11(15)13-12(14)16/h5,8H,4,6-7H2,1-3H3,(H,13,15,16)/b10-5+. The normalized spacial score (nSPS) is 17.2. The highest BCUT2D eigenvalue weighted by atomic mass is 16.2. The Balaban J connectivity index is 2.87. The van der Waals surface area contributed by atoms with Gasteiger partial charge in [0.1, 0.15) is 0 Å². The second-order valence-corrected chi connectivity index (χ2v) is 4.01. The highest BCUT2D eigenvalue weighted by Gasteiger charge is 2.24. The lowest BCUT2D eigenvalue weighted by Crippen LogP contribution is -2.48. The number of carbonyl (C=O) groups excluding carboxylic acids is 2. The maximum Gasteiger partial charge on any atom is 0.328 e. The van der Waals surface area contributed by atoms with Gasteiger partial charge in [-0.2, -0.15) is 0 Å². The molecule has 3 amide bonds. The third kappa shape index (κ3) is 3.22. The molecule has 1 saturated heterocycles. The molecule has 1 aliphatic heterocycles. The molecule has 0 aromatic rings. The van der Waals surface area contributed by atoms with E-state index in [1.54, 1.807) is 4.90 Å². The lowest BCUT2D eigenvalue weighted by molar-refractivity contribution is -0.121.